The molecule has 0 unspecified atom stereocenters. The van der Waals surface area contributed by atoms with Gasteiger partial charge in [0.25, 0.3) is 0 Å². The van der Waals surface area contributed by atoms with E-state index < -0.39 is 5.41 Å². The van der Waals surface area contributed by atoms with Crippen molar-refractivity contribution in [3.8, 4) is 0 Å². The number of amides is 1. The molecular weight excluding hydrogens is 352 g/mol. The van der Waals surface area contributed by atoms with Crippen LogP contribution in [0.4, 0.5) is 5.69 Å². The summed E-state index contributed by atoms with van der Waals surface area (Å²) in [6.07, 6.45) is 3.90. The average Bonchev–Trinajstić information content (AvgIpc) is 3.21. The highest BCUT2D eigenvalue weighted by Crippen LogP contribution is 2.42. The zero-order chi connectivity index (χ0) is 17.4. The Morgan fingerprint density at radius 3 is 2.60 bits per heavy atom. The molecule has 0 saturated heterocycles. The molecule has 0 aliphatic heterocycles. The van der Waals surface area contributed by atoms with Crippen molar-refractivity contribution in [1.29, 1.82) is 0 Å². The van der Waals surface area contributed by atoms with E-state index in [0.717, 1.165) is 52.2 Å². The third-order valence-corrected chi connectivity index (χ3v) is 6.23. The predicted molar refractivity (Wildman–Crippen MR) is 105 cm³/mol. The number of halogens is 1. The van der Waals surface area contributed by atoms with Crippen molar-refractivity contribution in [2.24, 2.45) is 0 Å². The number of fused-ring (bicyclic) bond motifs is 1. The maximum atomic E-state index is 13.2. The van der Waals surface area contributed by atoms with Gasteiger partial charge in [0.1, 0.15) is 0 Å². The first kappa shape index (κ1) is 16.6. The van der Waals surface area contributed by atoms with Crippen LogP contribution in [-0.4, -0.2) is 10.9 Å². The zero-order valence-corrected chi connectivity index (χ0v) is 15.6. The summed E-state index contributed by atoms with van der Waals surface area (Å²) in [5, 5.41) is 4.88. The maximum Gasteiger partial charge on any atom is 0.235 e. The number of aromatic nitrogens is 1. The van der Waals surface area contributed by atoms with Crippen LogP contribution >= 0.6 is 22.9 Å². The van der Waals surface area contributed by atoms with Crippen molar-refractivity contribution < 1.29 is 4.79 Å². The first-order valence-electron chi connectivity index (χ1n) is 8.52. The van der Waals surface area contributed by atoms with E-state index in [1.54, 1.807) is 11.3 Å². The van der Waals surface area contributed by atoms with E-state index in [2.05, 4.69) is 10.3 Å². The minimum Gasteiger partial charge on any atom is -0.325 e. The van der Waals surface area contributed by atoms with Gasteiger partial charge in [0, 0.05) is 10.7 Å². The molecule has 1 aliphatic rings. The van der Waals surface area contributed by atoms with Gasteiger partial charge in [-0.15, -0.1) is 11.3 Å². The van der Waals surface area contributed by atoms with E-state index >= 15 is 0 Å². The molecule has 128 valence electrons. The minimum atomic E-state index is -0.455. The molecule has 2 aromatic carbocycles. The highest BCUT2D eigenvalue weighted by atomic mass is 35.5. The normalized spacial score (nSPS) is 16.2. The van der Waals surface area contributed by atoms with E-state index in [1.807, 2.05) is 49.4 Å². The number of hydrogen-bond acceptors (Lipinski definition) is 3. The van der Waals surface area contributed by atoms with Crippen molar-refractivity contribution >= 4 is 44.7 Å². The molecule has 1 heterocycles. The molecule has 0 radical (unpaired) electrons. The van der Waals surface area contributed by atoms with Gasteiger partial charge in [-0.25, -0.2) is 4.98 Å². The van der Waals surface area contributed by atoms with Gasteiger partial charge in [0.15, 0.2) is 0 Å². The summed E-state index contributed by atoms with van der Waals surface area (Å²) < 4.78 is 1.10. The third kappa shape index (κ3) is 3.05. The van der Waals surface area contributed by atoms with Gasteiger partial charge in [-0.2, -0.15) is 0 Å². The molecule has 1 aliphatic carbocycles. The third-order valence-electron chi connectivity index (χ3n) is 5.04. The van der Waals surface area contributed by atoms with Crippen LogP contribution in [-0.2, 0) is 10.2 Å². The lowest BCUT2D eigenvalue weighted by Crippen LogP contribution is -2.37. The Kier molecular flexibility index (Phi) is 4.26. The molecule has 1 aromatic heterocycles. The van der Waals surface area contributed by atoms with Crippen molar-refractivity contribution in [1.82, 2.24) is 4.98 Å². The molecule has 25 heavy (non-hydrogen) atoms. The standard InChI is InChI=1S/C20H19ClN2OS/c1-13-22-17-9-8-16(12-18(17)25-13)23-19(24)20(10-2-3-11-20)14-4-6-15(21)7-5-14/h4-9,12H,2-3,10-11H2,1H3,(H,23,24). The lowest BCUT2D eigenvalue weighted by molar-refractivity contribution is -0.121. The Morgan fingerprint density at radius 2 is 1.88 bits per heavy atom. The first-order valence-corrected chi connectivity index (χ1v) is 9.71. The fourth-order valence-corrected chi connectivity index (χ4v) is 4.76. The second-order valence-electron chi connectivity index (χ2n) is 6.67. The fraction of sp³-hybridized carbons (Fsp3) is 0.300. The number of nitrogens with zero attached hydrogens (tertiary/aromatic N) is 1. The largest absolute Gasteiger partial charge is 0.325 e. The zero-order valence-electron chi connectivity index (χ0n) is 14.0. The Bertz CT molecular complexity index is 927. The summed E-state index contributed by atoms with van der Waals surface area (Å²) in [6.45, 7) is 2.00. The number of rotatable bonds is 3. The van der Waals surface area contributed by atoms with Crippen LogP contribution in [0.2, 0.25) is 5.02 Å². The molecule has 0 atom stereocenters. The fourth-order valence-electron chi connectivity index (χ4n) is 3.76. The molecule has 1 amide bonds. The van der Waals surface area contributed by atoms with E-state index in [0.29, 0.717) is 5.02 Å². The Balaban J connectivity index is 1.65. The number of aryl methyl sites for hydroxylation is 1. The lowest BCUT2D eigenvalue weighted by Gasteiger charge is -2.28. The van der Waals surface area contributed by atoms with Crippen molar-refractivity contribution in [2.75, 3.05) is 5.32 Å². The highest BCUT2D eigenvalue weighted by molar-refractivity contribution is 7.18. The summed E-state index contributed by atoms with van der Waals surface area (Å²) in [4.78, 5) is 17.7. The highest BCUT2D eigenvalue weighted by Gasteiger charge is 2.42. The number of benzene rings is 2. The monoisotopic (exact) mass is 370 g/mol. The van der Waals surface area contributed by atoms with Crippen LogP contribution in [0, 0.1) is 6.92 Å². The molecule has 3 aromatic rings. The van der Waals surface area contributed by atoms with E-state index in [1.165, 1.54) is 0 Å². The Hall–Kier alpha value is -1.91. The molecule has 1 fully saturated rings. The number of anilines is 1. The molecule has 5 heteroatoms. The van der Waals surface area contributed by atoms with Gasteiger partial charge < -0.3 is 5.32 Å². The number of carbonyl (C=O) groups is 1. The number of hydrogen-bond donors (Lipinski definition) is 1. The van der Waals surface area contributed by atoms with Gasteiger partial charge in [0.2, 0.25) is 5.91 Å². The van der Waals surface area contributed by atoms with Crippen LogP contribution in [0.5, 0.6) is 0 Å². The molecule has 3 nitrogen and oxygen atoms in total. The number of carbonyl (C=O) groups excluding carboxylic acids is 1. The SMILES string of the molecule is Cc1nc2ccc(NC(=O)C3(c4ccc(Cl)cc4)CCCC3)cc2s1. The van der Waals surface area contributed by atoms with Crippen LogP contribution in [0.1, 0.15) is 36.3 Å². The van der Waals surface area contributed by atoms with Gasteiger partial charge in [0.05, 0.1) is 20.6 Å². The molecule has 1 N–H and O–H groups in total. The van der Waals surface area contributed by atoms with Crippen LogP contribution in [0.25, 0.3) is 10.2 Å². The summed E-state index contributed by atoms with van der Waals surface area (Å²) in [7, 11) is 0. The molecular formula is C20H19ClN2OS. The quantitative estimate of drug-likeness (QED) is 0.641. The predicted octanol–water partition coefficient (Wildman–Crippen LogP) is 5.71. The van der Waals surface area contributed by atoms with E-state index in [4.69, 9.17) is 11.6 Å². The molecule has 0 bridgehead atoms. The topological polar surface area (TPSA) is 42.0 Å². The summed E-state index contributed by atoms with van der Waals surface area (Å²) in [6, 6.07) is 13.6. The van der Waals surface area contributed by atoms with Gasteiger partial charge >= 0.3 is 0 Å². The Morgan fingerprint density at radius 1 is 1.16 bits per heavy atom. The van der Waals surface area contributed by atoms with Gasteiger partial charge in [-0.3, -0.25) is 4.79 Å². The Labute approximate surface area is 156 Å². The summed E-state index contributed by atoms with van der Waals surface area (Å²) in [5.41, 5.74) is 2.42. The van der Waals surface area contributed by atoms with Gasteiger partial charge in [-0.05, 0) is 55.7 Å². The lowest BCUT2D eigenvalue weighted by atomic mass is 9.78. The summed E-state index contributed by atoms with van der Waals surface area (Å²) >= 11 is 7.67. The van der Waals surface area contributed by atoms with Crippen LogP contribution < -0.4 is 5.32 Å². The maximum absolute atomic E-state index is 13.2. The second-order valence-corrected chi connectivity index (χ2v) is 8.34. The van der Waals surface area contributed by atoms with E-state index in [-0.39, 0.29) is 5.91 Å². The first-order chi connectivity index (χ1) is 12.1. The summed E-state index contributed by atoms with van der Waals surface area (Å²) in [5.74, 6) is 0.0768. The molecule has 4 rings (SSSR count). The molecule has 1 saturated carbocycles. The van der Waals surface area contributed by atoms with E-state index in [9.17, 15) is 4.79 Å². The van der Waals surface area contributed by atoms with Crippen LogP contribution in [0.3, 0.4) is 0 Å². The number of nitrogens with one attached hydrogen (secondary N) is 1. The second kappa shape index (κ2) is 6.43. The smallest absolute Gasteiger partial charge is 0.235 e. The van der Waals surface area contributed by atoms with Crippen molar-refractivity contribution in [3.05, 3.63) is 58.1 Å². The minimum absolute atomic E-state index is 0.0768. The van der Waals surface area contributed by atoms with Crippen LogP contribution in [0.15, 0.2) is 42.5 Å². The van der Waals surface area contributed by atoms with Crippen molar-refractivity contribution in [2.45, 2.75) is 38.0 Å². The van der Waals surface area contributed by atoms with Gasteiger partial charge in [-0.1, -0.05) is 36.6 Å². The van der Waals surface area contributed by atoms with Crippen molar-refractivity contribution in [3.63, 3.8) is 0 Å². The number of thiazole rings is 1. The average molecular weight is 371 g/mol. The molecule has 0 spiro atoms.